The summed E-state index contributed by atoms with van der Waals surface area (Å²) in [5.41, 5.74) is 2.27. The van der Waals surface area contributed by atoms with Crippen molar-refractivity contribution in [1.82, 2.24) is 34.8 Å². The Balaban J connectivity index is 1.27. The first-order valence-corrected chi connectivity index (χ1v) is 9.83. The van der Waals surface area contributed by atoms with Crippen LogP contribution in [0, 0.1) is 13.8 Å². The molecule has 0 saturated heterocycles. The monoisotopic (exact) mass is 418 g/mol. The van der Waals surface area contributed by atoms with Crippen LogP contribution in [0.3, 0.4) is 0 Å². The summed E-state index contributed by atoms with van der Waals surface area (Å²) in [6.07, 6.45) is 1.39. The highest BCUT2D eigenvalue weighted by Gasteiger charge is 2.08. The number of amides is 1. The van der Waals surface area contributed by atoms with E-state index in [1.54, 1.807) is 28.9 Å². The lowest BCUT2D eigenvalue weighted by molar-refractivity contribution is -0.121. The second-order valence-corrected chi connectivity index (χ2v) is 7.09. The molecule has 4 rings (SSSR count). The molecule has 0 aliphatic carbocycles. The Bertz CT molecular complexity index is 1280. The van der Waals surface area contributed by atoms with E-state index in [-0.39, 0.29) is 18.0 Å². The van der Waals surface area contributed by atoms with E-state index in [1.807, 2.05) is 32.0 Å². The zero-order valence-corrected chi connectivity index (χ0v) is 17.2. The fourth-order valence-electron chi connectivity index (χ4n) is 3.22. The highest BCUT2D eigenvalue weighted by atomic mass is 16.2. The molecular formula is C21H22N8O2. The molecule has 158 valence electrons. The molecule has 10 nitrogen and oxygen atoms in total. The molecule has 1 amide bonds. The number of para-hydroxylation sites is 1. The first-order valence-electron chi connectivity index (χ1n) is 9.83. The molecule has 0 aliphatic heterocycles. The van der Waals surface area contributed by atoms with Crippen molar-refractivity contribution in [2.24, 2.45) is 0 Å². The fraction of sp³-hybridized carbons (Fsp3) is 0.238. The number of rotatable bonds is 7. The zero-order valence-electron chi connectivity index (χ0n) is 17.2. The van der Waals surface area contributed by atoms with Gasteiger partial charge in [0, 0.05) is 18.8 Å². The average Bonchev–Trinajstić information content (AvgIpc) is 3.12. The summed E-state index contributed by atoms with van der Waals surface area (Å²) in [5, 5.41) is 19.1. The number of hydrogen-bond donors (Lipinski definition) is 2. The van der Waals surface area contributed by atoms with Gasteiger partial charge in [-0.3, -0.25) is 14.2 Å². The maximum absolute atomic E-state index is 12.4. The molecule has 3 aromatic heterocycles. The SMILES string of the molecule is Cc1cc(C)n(-c2ccc(NCCNC(=O)Cn3cnc4ccccc4c3=O)nn2)n1. The van der Waals surface area contributed by atoms with Crippen LogP contribution in [0.5, 0.6) is 0 Å². The molecule has 1 aromatic carbocycles. The molecule has 31 heavy (non-hydrogen) atoms. The molecule has 0 saturated carbocycles. The normalized spacial score (nSPS) is 10.9. The van der Waals surface area contributed by atoms with Gasteiger partial charge in [-0.1, -0.05) is 12.1 Å². The number of aromatic nitrogens is 6. The minimum absolute atomic E-state index is 0.0895. The van der Waals surface area contributed by atoms with Gasteiger partial charge in [0.05, 0.1) is 22.9 Å². The van der Waals surface area contributed by atoms with Crippen LogP contribution in [0.25, 0.3) is 16.7 Å². The molecule has 10 heteroatoms. The topological polar surface area (TPSA) is 120 Å². The van der Waals surface area contributed by atoms with Crippen LogP contribution in [0.4, 0.5) is 5.82 Å². The second-order valence-electron chi connectivity index (χ2n) is 7.09. The van der Waals surface area contributed by atoms with Crippen molar-refractivity contribution in [3.63, 3.8) is 0 Å². The van der Waals surface area contributed by atoms with Crippen molar-refractivity contribution in [3.8, 4) is 5.82 Å². The molecule has 0 aliphatic rings. The molecule has 0 radical (unpaired) electrons. The lowest BCUT2D eigenvalue weighted by Crippen LogP contribution is -2.35. The number of nitrogens with one attached hydrogen (secondary N) is 2. The minimum Gasteiger partial charge on any atom is -0.367 e. The Hall–Kier alpha value is -4.08. The Kier molecular flexibility index (Phi) is 5.69. The summed E-state index contributed by atoms with van der Waals surface area (Å²) >= 11 is 0. The number of benzene rings is 1. The van der Waals surface area contributed by atoms with Gasteiger partial charge in [0.1, 0.15) is 12.4 Å². The minimum atomic E-state index is -0.271. The van der Waals surface area contributed by atoms with E-state index in [0.29, 0.717) is 35.6 Å². The van der Waals surface area contributed by atoms with E-state index in [4.69, 9.17) is 0 Å². The van der Waals surface area contributed by atoms with Gasteiger partial charge in [-0.15, -0.1) is 10.2 Å². The first kappa shape index (κ1) is 20.2. The van der Waals surface area contributed by atoms with Crippen molar-refractivity contribution in [2.75, 3.05) is 18.4 Å². The fourth-order valence-corrected chi connectivity index (χ4v) is 3.22. The van der Waals surface area contributed by atoms with Crippen molar-refractivity contribution in [1.29, 1.82) is 0 Å². The summed E-state index contributed by atoms with van der Waals surface area (Å²) in [7, 11) is 0. The summed E-state index contributed by atoms with van der Waals surface area (Å²) in [4.78, 5) is 28.8. The molecule has 0 unspecified atom stereocenters. The summed E-state index contributed by atoms with van der Waals surface area (Å²) < 4.78 is 3.03. The highest BCUT2D eigenvalue weighted by Crippen LogP contribution is 2.10. The van der Waals surface area contributed by atoms with Crippen molar-refractivity contribution in [3.05, 3.63) is 70.5 Å². The Labute approximate surface area is 178 Å². The van der Waals surface area contributed by atoms with Gasteiger partial charge in [0.15, 0.2) is 5.82 Å². The van der Waals surface area contributed by atoms with Crippen molar-refractivity contribution < 1.29 is 4.79 Å². The summed E-state index contributed by atoms with van der Waals surface area (Å²) in [6, 6.07) is 12.7. The molecule has 0 bridgehead atoms. The van der Waals surface area contributed by atoms with E-state index >= 15 is 0 Å². The predicted octanol–water partition coefficient (Wildman–Crippen LogP) is 1.22. The summed E-state index contributed by atoms with van der Waals surface area (Å²) in [6.45, 7) is 4.63. The third-order valence-electron chi connectivity index (χ3n) is 4.68. The van der Waals surface area contributed by atoms with Gasteiger partial charge in [-0.2, -0.15) is 5.10 Å². The maximum Gasteiger partial charge on any atom is 0.261 e. The number of hydrogen-bond acceptors (Lipinski definition) is 7. The number of carbonyl (C=O) groups is 1. The molecular weight excluding hydrogens is 396 g/mol. The number of nitrogens with zero attached hydrogens (tertiary/aromatic N) is 6. The number of fused-ring (bicyclic) bond motifs is 1. The quantitative estimate of drug-likeness (QED) is 0.433. The van der Waals surface area contributed by atoms with E-state index in [1.165, 1.54) is 10.9 Å². The Morgan fingerprint density at radius 1 is 1.06 bits per heavy atom. The van der Waals surface area contributed by atoms with Gasteiger partial charge in [0.25, 0.3) is 5.56 Å². The third kappa shape index (κ3) is 4.58. The largest absolute Gasteiger partial charge is 0.367 e. The van der Waals surface area contributed by atoms with Gasteiger partial charge in [-0.05, 0) is 44.2 Å². The van der Waals surface area contributed by atoms with Crippen molar-refractivity contribution >= 4 is 22.6 Å². The molecule has 0 fully saturated rings. The lowest BCUT2D eigenvalue weighted by Gasteiger charge is -2.09. The van der Waals surface area contributed by atoms with E-state index < -0.39 is 0 Å². The van der Waals surface area contributed by atoms with Crippen LogP contribution in [0.15, 0.2) is 53.6 Å². The van der Waals surface area contributed by atoms with E-state index in [9.17, 15) is 9.59 Å². The van der Waals surface area contributed by atoms with Crippen LogP contribution in [0.2, 0.25) is 0 Å². The molecule has 2 N–H and O–H groups in total. The Morgan fingerprint density at radius 3 is 2.65 bits per heavy atom. The smallest absolute Gasteiger partial charge is 0.261 e. The number of carbonyl (C=O) groups excluding carboxylic acids is 1. The van der Waals surface area contributed by atoms with Crippen LogP contribution < -0.4 is 16.2 Å². The molecule has 0 atom stereocenters. The average molecular weight is 418 g/mol. The van der Waals surface area contributed by atoms with Gasteiger partial charge < -0.3 is 10.6 Å². The number of anilines is 1. The van der Waals surface area contributed by atoms with Gasteiger partial charge in [0.2, 0.25) is 5.91 Å². The summed E-state index contributed by atoms with van der Waals surface area (Å²) in [5.74, 6) is 0.959. The third-order valence-corrected chi connectivity index (χ3v) is 4.68. The second kappa shape index (κ2) is 8.74. The van der Waals surface area contributed by atoms with E-state index in [0.717, 1.165) is 11.4 Å². The predicted molar refractivity (Wildman–Crippen MR) is 116 cm³/mol. The van der Waals surface area contributed by atoms with Crippen molar-refractivity contribution in [2.45, 2.75) is 20.4 Å². The van der Waals surface area contributed by atoms with E-state index in [2.05, 4.69) is 30.9 Å². The Morgan fingerprint density at radius 2 is 1.90 bits per heavy atom. The molecule has 3 heterocycles. The molecule has 4 aromatic rings. The standard InChI is InChI=1S/C21H22N8O2/c1-14-11-15(2)29(27-14)19-8-7-18(25-26-19)22-9-10-23-20(30)12-28-13-24-17-6-4-3-5-16(17)21(28)31/h3-8,11,13H,9-10,12H2,1-2H3,(H,22,25)(H,23,30). The lowest BCUT2D eigenvalue weighted by atomic mass is 10.2. The zero-order chi connectivity index (χ0) is 21.8. The van der Waals surface area contributed by atoms with Gasteiger partial charge >= 0.3 is 0 Å². The molecule has 0 spiro atoms. The van der Waals surface area contributed by atoms with Crippen LogP contribution >= 0.6 is 0 Å². The van der Waals surface area contributed by atoms with Gasteiger partial charge in [-0.25, -0.2) is 9.67 Å². The van der Waals surface area contributed by atoms with Crippen LogP contribution in [-0.2, 0) is 11.3 Å². The first-order chi connectivity index (χ1) is 15.0. The maximum atomic E-state index is 12.4. The highest BCUT2D eigenvalue weighted by molar-refractivity contribution is 5.78. The number of aryl methyl sites for hydroxylation is 2. The van der Waals surface area contributed by atoms with Crippen LogP contribution in [0.1, 0.15) is 11.4 Å². The van der Waals surface area contributed by atoms with Crippen LogP contribution in [-0.4, -0.2) is 48.5 Å².